The lowest BCUT2D eigenvalue weighted by molar-refractivity contribution is -0.131. The molecule has 1 saturated heterocycles. The molecule has 1 unspecified atom stereocenters. The number of anilines is 1. The molecule has 1 atom stereocenters. The van der Waals surface area contributed by atoms with Gasteiger partial charge < -0.3 is 34.0 Å². The summed E-state index contributed by atoms with van der Waals surface area (Å²) in [5.41, 5.74) is -0.513. The number of fused-ring (bicyclic) bond motifs is 1. The molecule has 1 aromatic carbocycles. The minimum absolute atomic E-state index is 0.0257. The number of piperazine rings is 1. The summed E-state index contributed by atoms with van der Waals surface area (Å²) in [5.74, 6) is -0.658. The summed E-state index contributed by atoms with van der Waals surface area (Å²) >= 11 is 0. The molecule has 0 spiro atoms. The number of hydrogen-bond acceptors (Lipinski definition) is 7. The topological polar surface area (TPSA) is 109 Å². The molecule has 10 nitrogen and oxygen atoms in total. The number of carboxylic acid groups (broad SMARTS) is 1. The Morgan fingerprint density at radius 3 is 2.71 bits per heavy atom. The van der Waals surface area contributed by atoms with E-state index in [9.17, 15) is 23.9 Å². The van der Waals surface area contributed by atoms with Crippen LogP contribution < -0.4 is 9.64 Å². The van der Waals surface area contributed by atoms with Gasteiger partial charge in [0.25, 0.3) is 5.91 Å². The highest BCUT2D eigenvalue weighted by molar-refractivity contribution is 5.97. The molecule has 11 heteroatoms. The number of carbonyl (C=O) groups excluding carboxylic acids is 2. The average molecular weight is 475 g/mol. The van der Waals surface area contributed by atoms with Crippen LogP contribution in [0.15, 0.2) is 41.8 Å². The van der Waals surface area contributed by atoms with E-state index in [1.54, 1.807) is 37.9 Å². The largest absolute Gasteiger partial charge is 0.514 e. The second-order valence-electron chi connectivity index (χ2n) is 9.13. The van der Waals surface area contributed by atoms with Crippen molar-refractivity contribution < 1.29 is 38.1 Å². The van der Waals surface area contributed by atoms with Crippen molar-refractivity contribution in [2.24, 2.45) is 0 Å². The number of hydrogen-bond donors (Lipinski definition) is 1. The van der Waals surface area contributed by atoms with Gasteiger partial charge in [0, 0.05) is 25.8 Å². The van der Waals surface area contributed by atoms with E-state index in [4.69, 9.17) is 14.2 Å². The highest BCUT2D eigenvalue weighted by Crippen LogP contribution is 2.36. The van der Waals surface area contributed by atoms with Gasteiger partial charge in [-0.1, -0.05) is 6.07 Å². The van der Waals surface area contributed by atoms with Gasteiger partial charge in [-0.05, 0) is 39.0 Å². The average Bonchev–Trinajstić information content (AvgIpc) is 2.89. The summed E-state index contributed by atoms with van der Waals surface area (Å²) < 4.78 is 31.2. The zero-order chi connectivity index (χ0) is 24.6. The third-order valence-corrected chi connectivity index (χ3v) is 5.56. The summed E-state index contributed by atoms with van der Waals surface area (Å²) in [6, 6.07) is 3.64. The molecule has 4 rings (SSSR count). The molecule has 1 aromatic rings. The Bertz CT molecular complexity index is 1080. The second kappa shape index (κ2) is 8.88. The van der Waals surface area contributed by atoms with Crippen LogP contribution in [0.25, 0.3) is 0 Å². The van der Waals surface area contributed by atoms with Crippen molar-refractivity contribution in [3.05, 3.63) is 47.6 Å². The molecule has 1 N–H and O–H groups in total. The number of benzene rings is 1. The normalized spacial score (nSPS) is 20.3. The Morgan fingerprint density at radius 1 is 1.24 bits per heavy atom. The zero-order valence-electron chi connectivity index (χ0n) is 19.1. The van der Waals surface area contributed by atoms with Gasteiger partial charge >= 0.3 is 12.2 Å². The summed E-state index contributed by atoms with van der Waals surface area (Å²) in [6.45, 7) is 5.74. The van der Waals surface area contributed by atoms with Crippen LogP contribution in [-0.2, 0) is 14.3 Å². The van der Waals surface area contributed by atoms with Crippen LogP contribution in [-0.4, -0.2) is 77.5 Å². The standard InChI is InChI=1S/C23H26FN3O7/c1-23(2,3)34-22(31)33-18-6-4-5-16(24)19(18)25-8-7-17-15(12-25)20(28)27-10-9-26(21(29)30)11-14(27)13-32-17/h4-8,14H,9-13H2,1-3H3,(H,29,30). The van der Waals surface area contributed by atoms with Crippen molar-refractivity contribution in [3.8, 4) is 5.75 Å². The highest BCUT2D eigenvalue weighted by atomic mass is 19.1. The molecule has 0 bridgehead atoms. The number of rotatable bonds is 2. The number of carbonyl (C=O) groups is 3. The Hall–Kier alpha value is -3.76. The molecule has 3 aliphatic heterocycles. The number of halogens is 1. The van der Waals surface area contributed by atoms with Crippen LogP contribution in [0.3, 0.4) is 0 Å². The van der Waals surface area contributed by atoms with Gasteiger partial charge in [-0.2, -0.15) is 0 Å². The van der Waals surface area contributed by atoms with E-state index in [1.807, 2.05) is 0 Å². The zero-order valence-corrected chi connectivity index (χ0v) is 19.1. The van der Waals surface area contributed by atoms with Crippen molar-refractivity contribution in [2.45, 2.75) is 32.4 Å². The van der Waals surface area contributed by atoms with Gasteiger partial charge in [0.15, 0.2) is 11.6 Å². The van der Waals surface area contributed by atoms with Crippen LogP contribution >= 0.6 is 0 Å². The Labute approximate surface area is 195 Å². The minimum atomic E-state index is -1.04. The first-order valence-electron chi connectivity index (χ1n) is 10.8. The van der Waals surface area contributed by atoms with Gasteiger partial charge in [0.05, 0.1) is 18.2 Å². The molecular weight excluding hydrogens is 449 g/mol. The van der Waals surface area contributed by atoms with Crippen molar-refractivity contribution >= 4 is 23.8 Å². The van der Waals surface area contributed by atoms with Crippen LogP contribution in [0, 0.1) is 5.82 Å². The van der Waals surface area contributed by atoms with E-state index in [0.29, 0.717) is 11.3 Å². The van der Waals surface area contributed by atoms with Crippen molar-refractivity contribution in [1.29, 1.82) is 0 Å². The third-order valence-electron chi connectivity index (χ3n) is 5.56. The SMILES string of the molecule is CC(C)(C)OC(=O)Oc1cccc(F)c1N1C=CC2=C(C1)C(=O)N1CCN(C(=O)O)CC1CO2. The predicted molar refractivity (Wildman–Crippen MR) is 118 cm³/mol. The first kappa shape index (κ1) is 23.4. The van der Waals surface area contributed by atoms with Crippen LogP contribution in [0.5, 0.6) is 5.75 Å². The van der Waals surface area contributed by atoms with Crippen LogP contribution in [0.2, 0.25) is 0 Å². The maximum Gasteiger partial charge on any atom is 0.514 e. The highest BCUT2D eigenvalue weighted by Gasteiger charge is 2.39. The molecule has 2 amide bonds. The fourth-order valence-corrected chi connectivity index (χ4v) is 4.04. The van der Waals surface area contributed by atoms with Crippen molar-refractivity contribution in [1.82, 2.24) is 9.80 Å². The van der Waals surface area contributed by atoms with Gasteiger partial charge in [-0.25, -0.2) is 14.0 Å². The molecule has 34 heavy (non-hydrogen) atoms. The number of para-hydroxylation sites is 1. The van der Waals surface area contributed by atoms with Gasteiger partial charge in [-0.15, -0.1) is 0 Å². The summed E-state index contributed by atoms with van der Waals surface area (Å²) in [5, 5.41) is 9.28. The van der Waals surface area contributed by atoms with E-state index in [0.717, 1.165) is 0 Å². The number of amides is 2. The van der Waals surface area contributed by atoms with Gasteiger partial charge in [-0.3, -0.25) is 4.79 Å². The molecule has 3 aliphatic rings. The van der Waals surface area contributed by atoms with E-state index >= 15 is 0 Å². The smallest absolute Gasteiger partial charge is 0.491 e. The maximum atomic E-state index is 14.9. The van der Waals surface area contributed by atoms with Crippen molar-refractivity contribution in [2.75, 3.05) is 37.7 Å². The second-order valence-corrected chi connectivity index (χ2v) is 9.13. The van der Waals surface area contributed by atoms with Crippen LogP contribution in [0.4, 0.5) is 19.7 Å². The fraction of sp³-hybridized carbons (Fsp3) is 0.435. The number of allylic oxidation sites excluding steroid dienone is 1. The Morgan fingerprint density at radius 2 is 2.00 bits per heavy atom. The summed E-state index contributed by atoms with van der Waals surface area (Å²) in [6.07, 6.45) is 1.07. The Kier molecular flexibility index (Phi) is 6.11. The lowest BCUT2D eigenvalue weighted by Gasteiger charge is -2.39. The number of ether oxygens (including phenoxy) is 3. The third kappa shape index (κ3) is 4.78. The predicted octanol–water partition coefficient (Wildman–Crippen LogP) is 2.95. The molecule has 0 aliphatic carbocycles. The minimum Gasteiger partial charge on any atom is -0.491 e. The molecule has 0 aromatic heterocycles. The first-order chi connectivity index (χ1) is 16.0. The van der Waals surface area contributed by atoms with Crippen LogP contribution in [0.1, 0.15) is 20.8 Å². The Balaban J connectivity index is 1.56. The quantitative estimate of drug-likeness (QED) is 0.514. The maximum absolute atomic E-state index is 14.9. The summed E-state index contributed by atoms with van der Waals surface area (Å²) in [4.78, 5) is 41.2. The molecule has 0 saturated carbocycles. The molecule has 1 fully saturated rings. The van der Waals surface area contributed by atoms with E-state index < -0.39 is 29.7 Å². The molecular formula is C23H26FN3O7. The molecule has 3 heterocycles. The molecule has 0 radical (unpaired) electrons. The first-order valence-corrected chi connectivity index (χ1v) is 10.8. The van der Waals surface area contributed by atoms with E-state index in [2.05, 4.69) is 0 Å². The lowest BCUT2D eigenvalue weighted by Crippen LogP contribution is -2.57. The van der Waals surface area contributed by atoms with Crippen molar-refractivity contribution in [3.63, 3.8) is 0 Å². The molecule has 182 valence electrons. The fourth-order valence-electron chi connectivity index (χ4n) is 4.04. The van der Waals surface area contributed by atoms with Gasteiger partial charge in [0.1, 0.15) is 23.7 Å². The summed E-state index contributed by atoms with van der Waals surface area (Å²) in [7, 11) is 0. The van der Waals surface area contributed by atoms with Gasteiger partial charge in [0.2, 0.25) is 0 Å². The van der Waals surface area contributed by atoms with E-state index in [-0.39, 0.29) is 50.1 Å². The monoisotopic (exact) mass is 475 g/mol. The lowest BCUT2D eigenvalue weighted by atomic mass is 10.1. The number of nitrogens with zero attached hydrogens (tertiary/aromatic N) is 3. The van der Waals surface area contributed by atoms with E-state index in [1.165, 1.54) is 28.0 Å².